The van der Waals surface area contributed by atoms with Gasteiger partial charge in [-0.3, -0.25) is 0 Å². The molecule has 1 aliphatic rings. The van der Waals surface area contributed by atoms with Crippen molar-refractivity contribution in [3.05, 3.63) is 34.5 Å². The summed E-state index contributed by atoms with van der Waals surface area (Å²) in [6.45, 7) is 1.03. The normalized spacial score (nSPS) is 22.0. The van der Waals surface area contributed by atoms with Crippen LogP contribution < -0.4 is 5.32 Å². The maximum atomic E-state index is 3.58. The van der Waals surface area contributed by atoms with Gasteiger partial charge in [0.2, 0.25) is 0 Å². The van der Waals surface area contributed by atoms with Crippen LogP contribution >= 0.6 is 11.3 Å². The summed E-state index contributed by atoms with van der Waals surface area (Å²) in [6.07, 6.45) is 8.30. The highest BCUT2D eigenvalue weighted by atomic mass is 32.1. The lowest BCUT2D eigenvalue weighted by Crippen LogP contribution is -2.28. The van der Waals surface area contributed by atoms with Crippen LogP contribution in [0.4, 0.5) is 0 Å². The molecular weight excluding hydrogens is 178 g/mol. The van der Waals surface area contributed by atoms with Crippen molar-refractivity contribution in [3.8, 4) is 0 Å². The first kappa shape index (κ1) is 8.97. The van der Waals surface area contributed by atoms with Crippen LogP contribution in [0.1, 0.15) is 24.8 Å². The number of hydrogen-bond acceptors (Lipinski definition) is 2. The summed E-state index contributed by atoms with van der Waals surface area (Å²) in [5.74, 6) is 0. The van der Waals surface area contributed by atoms with E-state index in [-0.39, 0.29) is 0 Å². The van der Waals surface area contributed by atoms with Gasteiger partial charge in [-0.05, 0) is 41.7 Å². The molecule has 1 atom stereocenters. The van der Waals surface area contributed by atoms with Gasteiger partial charge < -0.3 is 5.32 Å². The third kappa shape index (κ3) is 2.68. The number of rotatable bonds is 3. The molecule has 0 fully saturated rings. The maximum absolute atomic E-state index is 3.58. The Morgan fingerprint density at radius 1 is 1.46 bits per heavy atom. The molecule has 0 saturated heterocycles. The first-order chi connectivity index (χ1) is 6.45. The highest BCUT2D eigenvalue weighted by molar-refractivity contribution is 7.07. The summed E-state index contributed by atoms with van der Waals surface area (Å²) in [5, 5.41) is 7.93. The van der Waals surface area contributed by atoms with Gasteiger partial charge in [-0.2, -0.15) is 11.3 Å². The van der Waals surface area contributed by atoms with Gasteiger partial charge in [-0.15, -0.1) is 0 Å². The van der Waals surface area contributed by atoms with Crippen LogP contribution in [0.5, 0.6) is 0 Å². The fourth-order valence-electron chi connectivity index (χ4n) is 1.63. The molecule has 0 spiro atoms. The molecule has 1 N–H and O–H groups in total. The number of nitrogens with one attached hydrogen (secondary N) is 1. The van der Waals surface area contributed by atoms with E-state index >= 15 is 0 Å². The Hall–Kier alpha value is -0.600. The van der Waals surface area contributed by atoms with E-state index in [1.807, 2.05) is 0 Å². The van der Waals surface area contributed by atoms with Crippen molar-refractivity contribution in [1.82, 2.24) is 5.32 Å². The standard InChI is InChI=1S/C11H15NS/c1-2-4-11(5-3-1)12-8-10-6-7-13-9-10/h1-2,6-7,9,11-12H,3-5,8H2. The van der Waals surface area contributed by atoms with Crippen LogP contribution in [0.2, 0.25) is 0 Å². The summed E-state index contributed by atoms with van der Waals surface area (Å²) in [6, 6.07) is 2.89. The molecule has 0 saturated carbocycles. The van der Waals surface area contributed by atoms with Crippen LogP contribution in [0.25, 0.3) is 0 Å². The minimum atomic E-state index is 0.699. The zero-order valence-electron chi connectivity index (χ0n) is 7.70. The Balaban J connectivity index is 1.76. The Morgan fingerprint density at radius 2 is 2.46 bits per heavy atom. The van der Waals surface area contributed by atoms with E-state index in [2.05, 4.69) is 34.3 Å². The maximum Gasteiger partial charge on any atom is 0.0216 e. The Kier molecular flexibility index (Phi) is 3.16. The highest BCUT2D eigenvalue weighted by Gasteiger charge is 2.08. The van der Waals surface area contributed by atoms with Crippen LogP contribution in [-0.2, 0) is 6.54 Å². The second kappa shape index (κ2) is 4.58. The van der Waals surface area contributed by atoms with Crippen LogP contribution in [0.3, 0.4) is 0 Å². The van der Waals surface area contributed by atoms with Crippen molar-refractivity contribution in [2.75, 3.05) is 0 Å². The van der Waals surface area contributed by atoms with Gasteiger partial charge in [0.05, 0.1) is 0 Å². The van der Waals surface area contributed by atoms with E-state index in [1.54, 1.807) is 11.3 Å². The van der Waals surface area contributed by atoms with E-state index in [0.29, 0.717) is 6.04 Å². The second-order valence-corrected chi connectivity index (χ2v) is 4.27. The monoisotopic (exact) mass is 193 g/mol. The first-order valence-electron chi connectivity index (χ1n) is 4.84. The molecule has 0 aliphatic heterocycles. The Bertz CT molecular complexity index is 264. The molecule has 0 bridgehead atoms. The van der Waals surface area contributed by atoms with Crippen molar-refractivity contribution in [2.24, 2.45) is 0 Å². The Morgan fingerprint density at radius 3 is 3.15 bits per heavy atom. The summed E-state index contributed by atoms with van der Waals surface area (Å²) < 4.78 is 0. The number of allylic oxidation sites excluding steroid dienone is 1. The quantitative estimate of drug-likeness (QED) is 0.728. The van der Waals surface area contributed by atoms with E-state index < -0.39 is 0 Å². The molecule has 1 heterocycles. The molecule has 1 nitrogen and oxygen atoms in total. The lowest BCUT2D eigenvalue weighted by Gasteiger charge is -2.18. The second-order valence-electron chi connectivity index (χ2n) is 3.49. The van der Waals surface area contributed by atoms with Crippen LogP contribution in [-0.4, -0.2) is 6.04 Å². The van der Waals surface area contributed by atoms with Gasteiger partial charge in [-0.1, -0.05) is 12.2 Å². The van der Waals surface area contributed by atoms with E-state index in [1.165, 1.54) is 24.8 Å². The zero-order valence-corrected chi connectivity index (χ0v) is 8.52. The van der Waals surface area contributed by atoms with Crippen LogP contribution in [0.15, 0.2) is 29.0 Å². The molecule has 13 heavy (non-hydrogen) atoms. The summed E-state index contributed by atoms with van der Waals surface area (Å²) in [5.41, 5.74) is 1.42. The van der Waals surface area contributed by atoms with Gasteiger partial charge in [0.25, 0.3) is 0 Å². The average molecular weight is 193 g/mol. The number of hydrogen-bond donors (Lipinski definition) is 1. The molecule has 0 aromatic carbocycles. The van der Waals surface area contributed by atoms with Crippen molar-refractivity contribution in [3.63, 3.8) is 0 Å². The first-order valence-corrected chi connectivity index (χ1v) is 5.79. The average Bonchev–Trinajstić information content (AvgIpc) is 2.69. The third-order valence-corrected chi connectivity index (χ3v) is 3.18. The fraction of sp³-hybridized carbons (Fsp3) is 0.455. The minimum absolute atomic E-state index is 0.699. The third-order valence-electron chi connectivity index (χ3n) is 2.44. The van der Waals surface area contributed by atoms with E-state index in [0.717, 1.165) is 6.54 Å². The summed E-state index contributed by atoms with van der Waals surface area (Å²) in [4.78, 5) is 0. The van der Waals surface area contributed by atoms with Gasteiger partial charge in [-0.25, -0.2) is 0 Å². The lowest BCUT2D eigenvalue weighted by molar-refractivity contribution is 0.475. The lowest BCUT2D eigenvalue weighted by atomic mass is 10.0. The van der Waals surface area contributed by atoms with Crippen molar-refractivity contribution in [2.45, 2.75) is 31.8 Å². The van der Waals surface area contributed by atoms with Crippen molar-refractivity contribution < 1.29 is 0 Å². The predicted molar refractivity (Wildman–Crippen MR) is 57.9 cm³/mol. The Labute approximate surface area is 83.5 Å². The van der Waals surface area contributed by atoms with Crippen molar-refractivity contribution in [1.29, 1.82) is 0 Å². The highest BCUT2D eigenvalue weighted by Crippen LogP contribution is 2.12. The van der Waals surface area contributed by atoms with Gasteiger partial charge in [0.1, 0.15) is 0 Å². The molecule has 0 amide bonds. The molecule has 2 rings (SSSR count). The van der Waals surface area contributed by atoms with Crippen molar-refractivity contribution >= 4 is 11.3 Å². The van der Waals surface area contributed by atoms with Crippen LogP contribution in [0, 0.1) is 0 Å². The minimum Gasteiger partial charge on any atom is -0.310 e. The molecule has 1 aliphatic carbocycles. The summed E-state index contributed by atoms with van der Waals surface area (Å²) >= 11 is 1.77. The molecular formula is C11H15NS. The molecule has 70 valence electrons. The molecule has 1 unspecified atom stereocenters. The molecule has 0 radical (unpaired) electrons. The van der Waals surface area contributed by atoms with Gasteiger partial charge in [0.15, 0.2) is 0 Å². The summed E-state index contributed by atoms with van der Waals surface area (Å²) in [7, 11) is 0. The van der Waals surface area contributed by atoms with E-state index in [4.69, 9.17) is 0 Å². The fourth-order valence-corrected chi connectivity index (χ4v) is 2.30. The molecule has 1 aromatic heterocycles. The molecule has 1 aromatic rings. The number of thiophene rings is 1. The predicted octanol–water partition coefficient (Wildman–Crippen LogP) is 2.95. The van der Waals surface area contributed by atoms with Gasteiger partial charge in [0, 0.05) is 12.6 Å². The smallest absolute Gasteiger partial charge is 0.0216 e. The topological polar surface area (TPSA) is 12.0 Å². The van der Waals surface area contributed by atoms with E-state index in [9.17, 15) is 0 Å². The molecule has 2 heteroatoms. The SMILES string of the molecule is C1=CCC(NCc2ccsc2)CC1. The zero-order chi connectivity index (χ0) is 8.93. The largest absolute Gasteiger partial charge is 0.310 e. The van der Waals surface area contributed by atoms with Gasteiger partial charge >= 0.3 is 0 Å².